The van der Waals surface area contributed by atoms with Gasteiger partial charge in [0.2, 0.25) is 0 Å². The second-order valence-electron chi connectivity index (χ2n) is 13.5. The zero-order chi connectivity index (χ0) is 34.2. The molecule has 3 heterocycles. The van der Waals surface area contributed by atoms with Crippen molar-refractivity contribution in [2.45, 2.75) is 0 Å². The Hall–Kier alpha value is -7.04. The van der Waals surface area contributed by atoms with Crippen molar-refractivity contribution in [3.63, 3.8) is 0 Å². The third kappa shape index (κ3) is 4.41. The lowest BCUT2D eigenvalue weighted by molar-refractivity contribution is 1.10. The van der Waals surface area contributed by atoms with E-state index in [4.69, 9.17) is 9.97 Å². The van der Waals surface area contributed by atoms with Crippen LogP contribution >= 0.6 is 0 Å². The van der Waals surface area contributed by atoms with Gasteiger partial charge < -0.3 is 0 Å². The smallest absolute Gasteiger partial charge is 0.146 e. The molecule has 4 heteroatoms. The molecule has 0 radical (unpaired) electrons. The van der Waals surface area contributed by atoms with Gasteiger partial charge in [0.05, 0.1) is 27.6 Å². The number of para-hydroxylation sites is 6. The van der Waals surface area contributed by atoms with E-state index in [1.54, 1.807) is 0 Å². The topological polar surface area (TPSA) is 35.1 Å². The van der Waals surface area contributed by atoms with E-state index in [9.17, 15) is 0 Å². The Morgan fingerprint density at radius 1 is 0.346 bits per heavy atom. The Kier molecular flexibility index (Phi) is 6.22. The van der Waals surface area contributed by atoms with Gasteiger partial charge in [-0.25, -0.2) is 9.97 Å². The van der Waals surface area contributed by atoms with Gasteiger partial charge in [-0.3, -0.25) is 8.97 Å². The van der Waals surface area contributed by atoms with Crippen molar-refractivity contribution in [1.29, 1.82) is 0 Å². The number of benzene rings is 8. The number of pyridine rings is 1. The molecule has 52 heavy (non-hydrogen) atoms. The van der Waals surface area contributed by atoms with E-state index >= 15 is 0 Å². The van der Waals surface area contributed by atoms with E-state index in [0.29, 0.717) is 0 Å². The van der Waals surface area contributed by atoms with Crippen LogP contribution in [0.3, 0.4) is 0 Å². The largest absolute Gasteiger partial charge is 0.292 e. The second-order valence-corrected chi connectivity index (χ2v) is 13.5. The van der Waals surface area contributed by atoms with Crippen LogP contribution in [0.1, 0.15) is 0 Å². The number of aromatic nitrogens is 4. The Labute approximate surface area is 299 Å². The van der Waals surface area contributed by atoms with Crippen LogP contribution in [0, 0.1) is 0 Å². The van der Waals surface area contributed by atoms with E-state index in [0.717, 1.165) is 50.2 Å². The molecule has 3 aromatic heterocycles. The van der Waals surface area contributed by atoms with Crippen LogP contribution in [0.2, 0.25) is 0 Å². The lowest BCUT2D eigenvalue weighted by atomic mass is 9.95. The first-order valence-corrected chi connectivity index (χ1v) is 17.7. The van der Waals surface area contributed by atoms with E-state index in [-0.39, 0.29) is 0 Å². The lowest BCUT2D eigenvalue weighted by Crippen LogP contribution is -1.97. The molecule has 8 aromatic carbocycles. The fourth-order valence-corrected chi connectivity index (χ4v) is 7.97. The van der Waals surface area contributed by atoms with Crippen molar-refractivity contribution in [3.05, 3.63) is 182 Å². The van der Waals surface area contributed by atoms with Crippen molar-refractivity contribution < 1.29 is 0 Å². The normalized spacial score (nSPS) is 11.8. The number of imidazole rings is 2. The maximum atomic E-state index is 5.13. The minimum absolute atomic E-state index is 0.939. The molecule has 11 rings (SSSR count). The highest BCUT2D eigenvalue weighted by Crippen LogP contribution is 2.36. The summed E-state index contributed by atoms with van der Waals surface area (Å²) >= 11 is 0. The van der Waals surface area contributed by atoms with Gasteiger partial charge in [0.25, 0.3) is 0 Å². The molecule has 0 atom stereocenters. The molecular weight excluding hydrogens is 633 g/mol. The zero-order valence-electron chi connectivity index (χ0n) is 28.1. The molecule has 4 nitrogen and oxygen atoms in total. The van der Waals surface area contributed by atoms with Gasteiger partial charge >= 0.3 is 0 Å². The lowest BCUT2D eigenvalue weighted by Gasteiger charge is -2.12. The average molecular weight is 663 g/mol. The predicted molar refractivity (Wildman–Crippen MR) is 216 cm³/mol. The summed E-state index contributed by atoms with van der Waals surface area (Å²) in [6.45, 7) is 0. The summed E-state index contributed by atoms with van der Waals surface area (Å²) in [7, 11) is 0. The molecule has 0 aliphatic carbocycles. The third-order valence-electron chi connectivity index (χ3n) is 10.5. The summed E-state index contributed by atoms with van der Waals surface area (Å²) in [6, 6.07) is 65.0. The quantitative estimate of drug-likeness (QED) is 0.176. The Morgan fingerprint density at radius 2 is 0.904 bits per heavy atom. The molecule has 0 aliphatic heterocycles. The van der Waals surface area contributed by atoms with Crippen molar-refractivity contribution in [2.24, 2.45) is 0 Å². The molecule has 0 amide bonds. The molecule has 0 bridgehead atoms. The summed E-state index contributed by atoms with van der Waals surface area (Å²) in [5.41, 5.74) is 13.3. The van der Waals surface area contributed by atoms with E-state index in [2.05, 4.69) is 179 Å². The van der Waals surface area contributed by atoms with Gasteiger partial charge in [-0.2, -0.15) is 0 Å². The first-order valence-electron chi connectivity index (χ1n) is 17.7. The van der Waals surface area contributed by atoms with Crippen LogP contribution in [-0.2, 0) is 0 Å². The fraction of sp³-hybridized carbons (Fsp3) is 0. The van der Waals surface area contributed by atoms with Gasteiger partial charge in [-0.1, -0.05) is 121 Å². The average Bonchev–Trinajstić information content (AvgIpc) is 3.81. The zero-order valence-corrected chi connectivity index (χ0v) is 28.1. The van der Waals surface area contributed by atoms with Crippen LogP contribution in [0.4, 0.5) is 0 Å². The Morgan fingerprint density at radius 3 is 1.67 bits per heavy atom. The molecule has 0 aliphatic rings. The van der Waals surface area contributed by atoms with E-state index in [1.165, 1.54) is 49.3 Å². The van der Waals surface area contributed by atoms with Crippen molar-refractivity contribution in [3.8, 4) is 39.3 Å². The summed E-state index contributed by atoms with van der Waals surface area (Å²) in [5, 5.41) is 6.03. The van der Waals surface area contributed by atoms with Crippen molar-refractivity contribution in [2.75, 3.05) is 0 Å². The highest BCUT2D eigenvalue weighted by Gasteiger charge is 2.16. The summed E-state index contributed by atoms with van der Waals surface area (Å²) < 4.78 is 4.56. The van der Waals surface area contributed by atoms with Gasteiger partial charge in [0, 0.05) is 22.0 Å². The summed E-state index contributed by atoms with van der Waals surface area (Å²) in [4.78, 5) is 10.2. The molecule has 0 saturated heterocycles. The SMILES string of the molecule is c1ccc(-n2c(-c3ccc(-c4ccc5cc(-c6ccc7c8ccccc8n8c9ccccc9nc8c7c6)ccc5c4)cc3)nc3ccccc32)cc1. The van der Waals surface area contributed by atoms with Crippen molar-refractivity contribution >= 4 is 60.2 Å². The number of fused-ring (bicyclic) bond motifs is 10. The number of hydrogen-bond acceptors (Lipinski definition) is 2. The monoisotopic (exact) mass is 662 g/mol. The van der Waals surface area contributed by atoms with Crippen molar-refractivity contribution in [1.82, 2.24) is 18.9 Å². The molecule has 242 valence electrons. The van der Waals surface area contributed by atoms with Crippen LogP contribution < -0.4 is 0 Å². The molecular formula is C48H30N4. The maximum absolute atomic E-state index is 5.13. The maximum Gasteiger partial charge on any atom is 0.146 e. The van der Waals surface area contributed by atoms with Gasteiger partial charge in [0.1, 0.15) is 11.5 Å². The highest BCUT2D eigenvalue weighted by molar-refractivity contribution is 6.14. The fourth-order valence-electron chi connectivity index (χ4n) is 7.97. The third-order valence-corrected chi connectivity index (χ3v) is 10.5. The van der Waals surface area contributed by atoms with Gasteiger partial charge in [-0.05, 0) is 99.1 Å². The van der Waals surface area contributed by atoms with Crippen LogP contribution in [0.5, 0.6) is 0 Å². The van der Waals surface area contributed by atoms with Gasteiger partial charge in [-0.15, -0.1) is 0 Å². The van der Waals surface area contributed by atoms with Gasteiger partial charge in [0.15, 0.2) is 0 Å². The first-order chi connectivity index (χ1) is 25.8. The molecule has 0 unspecified atom stereocenters. The first kappa shape index (κ1) is 28.8. The Bertz CT molecular complexity index is 3170. The number of hydrogen-bond donors (Lipinski definition) is 0. The number of rotatable bonds is 4. The highest BCUT2D eigenvalue weighted by atomic mass is 15.1. The standard InChI is InChI=1S/C48H30N4/c1-2-10-38(11-3-1)51-45-16-8-5-13-42(45)49-47(51)32-20-18-31(19-21-32)33-22-23-35-29-36(25-24-34(35)28-33)37-26-27-39-40-12-4-7-15-44(40)52-46-17-9-6-14-43(46)50-48(52)41(39)30-37/h1-30H. The molecule has 0 fully saturated rings. The summed E-state index contributed by atoms with van der Waals surface area (Å²) in [6.07, 6.45) is 0. The predicted octanol–water partition coefficient (Wildman–Crippen LogP) is 12.3. The minimum Gasteiger partial charge on any atom is -0.292 e. The summed E-state index contributed by atoms with van der Waals surface area (Å²) in [5.74, 6) is 0.939. The minimum atomic E-state index is 0.939. The van der Waals surface area contributed by atoms with Crippen LogP contribution in [0.15, 0.2) is 182 Å². The molecule has 0 saturated carbocycles. The molecule has 0 N–H and O–H groups in total. The number of nitrogens with zero attached hydrogens (tertiary/aromatic N) is 4. The van der Waals surface area contributed by atoms with Crippen LogP contribution in [-0.4, -0.2) is 18.9 Å². The Balaban J connectivity index is 0.963. The van der Waals surface area contributed by atoms with E-state index < -0.39 is 0 Å². The molecule has 11 aromatic rings. The second kappa shape index (κ2) is 11.2. The molecule has 0 spiro atoms. The van der Waals surface area contributed by atoms with E-state index in [1.807, 2.05) is 12.1 Å². The van der Waals surface area contributed by atoms with Crippen LogP contribution in [0.25, 0.3) is 99.5 Å².